The van der Waals surface area contributed by atoms with E-state index in [1.807, 2.05) is 36.4 Å². The Bertz CT molecular complexity index is 1280. The van der Waals surface area contributed by atoms with Crippen molar-refractivity contribution < 1.29 is 34.7 Å². The first-order chi connectivity index (χ1) is 16.8. The lowest BCUT2D eigenvalue weighted by atomic mass is 9.99. The minimum absolute atomic E-state index is 0.220. The first-order valence-electron chi connectivity index (χ1n) is 10.7. The molecule has 11 nitrogen and oxygen atoms in total. The topological polar surface area (TPSA) is 160 Å². The van der Waals surface area contributed by atoms with Crippen molar-refractivity contribution in [1.29, 1.82) is 0 Å². The standard InChI is InChI=1S/C23H21ClN4O7/c24-12-6-7-14-13(8-12)17(11-4-2-1-3-5-11)25-9-15-26-27-16(28(14)15)10-34-23-20(31)18(29)19(30)21(35-23)22(32)33/h1-8,18-21,23,29-31H,9-10H2,(H,32,33). The number of carboxylic acid groups (broad SMARTS) is 1. The van der Waals surface area contributed by atoms with E-state index in [1.165, 1.54) is 0 Å². The summed E-state index contributed by atoms with van der Waals surface area (Å²) >= 11 is 6.31. The van der Waals surface area contributed by atoms with Crippen LogP contribution < -0.4 is 0 Å². The minimum Gasteiger partial charge on any atom is -0.479 e. The molecule has 5 atom stereocenters. The highest BCUT2D eigenvalue weighted by molar-refractivity contribution is 6.31. The SMILES string of the molecule is O=C(O)C1OC(OCc2nnc3n2-c2ccc(Cl)cc2C(c2ccccc2)=NC3)C(O)C(O)C1O. The summed E-state index contributed by atoms with van der Waals surface area (Å²) in [5.74, 6) is -0.636. The highest BCUT2D eigenvalue weighted by Crippen LogP contribution is 2.29. The third-order valence-electron chi connectivity index (χ3n) is 5.87. The molecule has 2 aliphatic rings. The minimum atomic E-state index is -1.81. The summed E-state index contributed by atoms with van der Waals surface area (Å²) in [6, 6.07) is 15.0. The fraction of sp³-hybridized carbons (Fsp3) is 0.304. The maximum absolute atomic E-state index is 11.4. The van der Waals surface area contributed by atoms with E-state index in [9.17, 15) is 25.2 Å². The first-order valence-corrected chi connectivity index (χ1v) is 11.1. The summed E-state index contributed by atoms with van der Waals surface area (Å²) in [5, 5.41) is 48.3. The Hall–Kier alpha value is -3.19. The molecule has 3 heterocycles. The molecule has 5 unspecified atom stereocenters. The number of hydrogen-bond acceptors (Lipinski definition) is 9. The van der Waals surface area contributed by atoms with Gasteiger partial charge >= 0.3 is 5.97 Å². The van der Waals surface area contributed by atoms with Gasteiger partial charge in [0.25, 0.3) is 0 Å². The van der Waals surface area contributed by atoms with E-state index in [1.54, 1.807) is 16.7 Å². The zero-order valence-electron chi connectivity index (χ0n) is 18.1. The molecule has 2 aromatic carbocycles. The van der Waals surface area contributed by atoms with Crippen LogP contribution in [0.3, 0.4) is 0 Å². The van der Waals surface area contributed by atoms with Crippen LogP contribution in [0.4, 0.5) is 0 Å². The Kier molecular flexibility index (Phi) is 6.36. The lowest BCUT2D eigenvalue weighted by Crippen LogP contribution is -2.60. The van der Waals surface area contributed by atoms with Crippen molar-refractivity contribution in [3.63, 3.8) is 0 Å². The molecule has 2 aliphatic heterocycles. The zero-order valence-corrected chi connectivity index (χ0v) is 18.9. The fourth-order valence-electron chi connectivity index (χ4n) is 4.14. The number of carbonyl (C=O) groups is 1. The lowest BCUT2D eigenvalue weighted by Gasteiger charge is -2.38. The molecule has 1 aromatic heterocycles. The smallest absolute Gasteiger partial charge is 0.335 e. The average Bonchev–Trinajstić information content (AvgIpc) is 3.18. The van der Waals surface area contributed by atoms with E-state index < -0.39 is 36.7 Å². The number of aliphatic hydroxyl groups is 3. The highest BCUT2D eigenvalue weighted by Gasteiger charge is 2.47. The van der Waals surface area contributed by atoms with Crippen LogP contribution in [0.1, 0.15) is 22.8 Å². The molecule has 0 bridgehead atoms. The second-order valence-electron chi connectivity index (χ2n) is 8.11. The predicted octanol–water partition coefficient (Wildman–Crippen LogP) is 0.680. The van der Waals surface area contributed by atoms with Crippen molar-refractivity contribution >= 4 is 23.3 Å². The van der Waals surface area contributed by atoms with E-state index in [-0.39, 0.29) is 13.2 Å². The van der Waals surface area contributed by atoms with E-state index in [0.717, 1.165) is 16.8 Å². The van der Waals surface area contributed by atoms with Gasteiger partial charge < -0.3 is 29.9 Å². The number of aromatic nitrogens is 3. The number of nitrogens with zero attached hydrogens (tertiary/aromatic N) is 4. The van der Waals surface area contributed by atoms with Gasteiger partial charge in [0.1, 0.15) is 31.5 Å². The van der Waals surface area contributed by atoms with Gasteiger partial charge in [-0.1, -0.05) is 41.9 Å². The maximum Gasteiger partial charge on any atom is 0.335 e. The van der Waals surface area contributed by atoms with E-state index in [2.05, 4.69) is 10.2 Å². The van der Waals surface area contributed by atoms with Gasteiger partial charge in [0.05, 0.1) is 11.4 Å². The second-order valence-corrected chi connectivity index (χ2v) is 8.54. The third-order valence-corrected chi connectivity index (χ3v) is 6.10. The van der Waals surface area contributed by atoms with Crippen LogP contribution in [0.5, 0.6) is 0 Å². The Morgan fingerprint density at radius 3 is 2.60 bits per heavy atom. The van der Waals surface area contributed by atoms with Crippen molar-refractivity contribution in [3.8, 4) is 5.69 Å². The fourth-order valence-corrected chi connectivity index (χ4v) is 4.32. The highest BCUT2D eigenvalue weighted by atomic mass is 35.5. The molecule has 1 saturated heterocycles. The van der Waals surface area contributed by atoms with Crippen molar-refractivity contribution in [3.05, 3.63) is 76.3 Å². The molecule has 5 rings (SSSR count). The van der Waals surface area contributed by atoms with Crippen LogP contribution in [-0.4, -0.2) is 77.6 Å². The molecule has 1 fully saturated rings. The molecule has 12 heteroatoms. The quantitative estimate of drug-likeness (QED) is 0.395. The number of hydrogen-bond donors (Lipinski definition) is 4. The van der Waals surface area contributed by atoms with E-state index in [0.29, 0.717) is 22.4 Å². The largest absolute Gasteiger partial charge is 0.479 e. The maximum atomic E-state index is 11.4. The predicted molar refractivity (Wildman–Crippen MR) is 121 cm³/mol. The zero-order chi connectivity index (χ0) is 24.7. The van der Waals surface area contributed by atoms with Gasteiger partial charge in [-0.2, -0.15) is 0 Å². The summed E-state index contributed by atoms with van der Waals surface area (Å²) in [4.78, 5) is 16.1. The molecule has 35 heavy (non-hydrogen) atoms. The summed E-state index contributed by atoms with van der Waals surface area (Å²) in [6.07, 6.45) is -8.54. The summed E-state index contributed by atoms with van der Waals surface area (Å²) in [5.41, 5.74) is 3.09. The van der Waals surface area contributed by atoms with Crippen molar-refractivity contribution in [1.82, 2.24) is 14.8 Å². The van der Waals surface area contributed by atoms with Gasteiger partial charge in [0, 0.05) is 16.1 Å². The van der Waals surface area contributed by atoms with Crippen molar-refractivity contribution in [2.45, 2.75) is 43.9 Å². The third kappa shape index (κ3) is 4.33. The molecule has 0 spiro atoms. The van der Waals surface area contributed by atoms with Gasteiger partial charge in [0.2, 0.25) is 0 Å². The molecule has 3 aromatic rings. The average molecular weight is 501 g/mol. The van der Waals surface area contributed by atoms with Crippen LogP contribution in [-0.2, 0) is 27.4 Å². The van der Waals surface area contributed by atoms with Gasteiger partial charge in [-0.3, -0.25) is 9.56 Å². The molecule has 0 amide bonds. The van der Waals surface area contributed by atoms with Crippen molar-refractivity contribution in [2.75, 3.05) is 0 Å². The number of rotatable bonds is 5. The number of benzene rings is 2. The Morgan fingerprint density at radius 1 is 1.09 bits per heavy atom. The van der Waals surface area contributed by atoms with Crippen LogP contribution in [0.2, 0.25) is 5.02 Å². The number of fused-ring (bicyclic) bond motifs is 3. The van der Waals surface area contributed by atoms with Crippen LogP contribution in [0.25, 0.3) is 5.69 Å². The Morgan fingerprint density at radius 2 is 1.86 bits per heavy atom. The monoisotopic (exact) mass is 500 g/mol. The van der Waals surface area contributed by atoms with Crippen molar-refractivity contribution in [2.24, 2.45) is 4.99 Å². The number of ether oxygens (including phenoxy) is 2. The van der Waals surface area contributed by atoms with Gasteiger partial charge in [-0.05, 0) is 18.2 Å². The van der Waals surface area contributed by atoms with Crippen LogP contribution in [0, 0.1) is 0 Å². The molecular weight excluding hydrogens is 480 g/mol. The van der Waals surface area contributed by atoms with E-state index in [4.69, 9.17) is 26.1 Å². The van der Waals surface area contributed by atoms with Crippen LogP contribution in [0.15, 0.2) is 53.5 Å². The molecule has 0 saturated carbocycles. The number of halogens is 1. The number of carboxylic acids is 1. The molecule has 182 valence electrons. The van der Waals surface area contributed by atoms with Gasteiger partial charge in [0.15, 0.2) is 24.0 Å². The summed E-state index contributed by atoms with van der Waals surface area (Å²) < 4.78 is 12.5. The molecule has 0 aliphatic carbocycles. The summed E-state index contributed by atoms with van der Waals surface area (Å²) in [7, 11) is 0. The lowest BCUT2D eigenvalue weighted by molar-refractivity contribution is -0.297. The first kappa shape index (κ1) is 23.5. The molecule has 4 N–H and O–H groups in total. The summed E-state index contributed by atoms with van der Waals surface area (Å²) in [6.45, 7) is -0.0231. The normalized spacial score (nSPS) is 25.8. The Balaban J connectivity index is 1.46. The van der Waals surface area contributed by atoms with Gasteiger partial charge in [-0.15, -0.1) is 10.2 Å². The number of aliphatic hydroxyl groups excluding tert-OH is 3. The van der Waals surface area contributed by atoms with Gasteiger partial charge in [-0.25, -0.2) is 4.79 Å². The molecule has 0 radical (unpaired) electrons. The van der Waals surface area contributed by atoms with Crippen LogP contribution >= 0.6 is 11.6 Å². The number of aliphatic imine (C=N–C) groups is 1. The van der Waals surface area contributed by atoms with E-state index >= 15 is 0 Å². The Labute approximate surface area is 203 Å². The number of aliphatic carboxylic acids is 1. The second kappa shape index (κ2) is 9.46. The molecular formula is C23H21ClN4O7.